The van der Waals surface area contributed by atoms with Crippen LogP contribution >= 0.6 is 0 Å². The number of anilines is 1. The number of hydrogen-bond acceptors (Lipinski definition) is 7. The maximum atomic E-state index is 13.8. The molecule has 1 aromatic heterocycles. The molecule has 0 radical (unpaired) electrons. The number of hydrogen-bond donors (Lipinski definition) is 0. The summed E-state index contributed by atoms with van der Waals surface area (Å²) in [6.07, 6.45) is 0. The van der Waals surface area contributed by atoms with Gasteiger partial charge in [-0.15, -0.1) is 0 Å². The molecule has 0 saturated carbocycles. The molecule has 0 unspecified atom stereocenters. The molecule has 208 valence electrons. The van der Waals surface area contributed by atoms with Crippen molar-refractivity contribution in [3.05, 3.63) is 126 Å². The molecule has 4 aromatic carbocycles. The van der Waals surface area contributed by atoms with Crippen molar-refractivity contribution in [1.82, 2.24) is 9.88 Å². The van der Waals surface area contributed by atoms with Crippen molar-refractivity contribution in [1.29, 1.82) is 0 Å². The lowest BCUT2D eigenvalue weighted by molar-refractivity contribution is 0.209. The molecule has 1 aliphatic heterocycles. The van der Waals surface area contributed by atoms with Crippen molar-refractivity contribution in [3.8, 4) is 17.2 Å². The fourth-order valence-electron chi connectivity index (χ4n) is 5.31. The van der Waals surface area contributed by atoms with E-state index in [0.717, 1.165) is 13.1 Å². The summed E-state index contributed by atoms with van der Waals surface area (Å²) in [6.45, 7) is 2.62. The zero-order valence-electron chi connectivity index (χ0n) is 22.8. The lowest BCUT2D eigenvalue weighted by Gasteiger charge is -2.39. The minimum atomic E-state index is -3.92. The first-order chi connectivity index (χ1) is 20.0. The zero-order chi connectivity index (χ0) is 28.2. The van der Waals surface area contributed by atoms with Crippen LogP contribution in [0, 0.1) is 0 Å². The summed E-state index contributed by atoms with van der Waals surface area (Å²) in [5.74, 6) is 1.22. The van der Waals surface area contributed by atoms with Crippen LogP contribution in [0.15, 0.2) is 130 Å². The van der Waals surface area contributed by atoms with Crippen LogP contribution < -0.4 is 9.64 Å². The Bertz CT molecular complexity index is 1640. The van der Waals surface area contributed by atoms with Gasteiger partial charge in [0.15, 0.2) is 0 Å². The maximum Gasteiger partial charge on any atom is 0.236 e. The average Bonchev–Trinajstić information content (AvgIpc) is 3.50. The van der Waals surface area contributed by atoms with Crippen LogP contribution in [-0.2, 0) is 9.84 Å². The van der Waals surface area contributed by atoms with Crippen LogP contribution in [0.4, 0.5) is 5.88 Å². The summed E-state index contributed by atoms with van der Waals surface area (Å²) >= 11 is 0. The summed E-state index contributed by atoms with van der Waals surface area (Å²) in [4.78, 5) is 9.18. The molecule has 2 heterocycles. The Morgan fingerprint density at radius 3 is 1.80 bits per heavy atom. The van der Waals surface area contributed by atoms with E-state index >= 15 is 0 Å². The largest absolute Gasteiger partial charge is 0.497 e. The summed E-state index contributed by atoms with van der Waals surface area (Å²) in [5.41, 5.74) is 3.12. The van der Waals surface area contributed by atoms with Gasteiger partial charge in [-0.3, -0.25) is 4.90 Å². The third-order valence-corrected chi connectivity index (χ3v) is 9.09. The number of benzene rings is 4. The van der Waals surface area contributed by atoms with Gasteiger partial charge in [-0.1, -0.05) is 78.9 Å². The first-order valence-corrected chi connectivity index (χ1v) is 15.1. The molecule has 6 rings (SSSR count). The molecule has 1 saturated heterocycles. The van der Waals surface area contributed by atoms with Gasteiger partial charge in [0.1, 0.15) is 5.75 Å². The predicted molar refractivity (Wildman–Crippen MR) is 159 cm³/mol. The van der Waals surface area contributed by atoms with E-state index in [-0.39, 0.29) is 27.7 Å². The van der Waals surface area contributed by atoms with Crippen molar-refractivity contribution in [3.63, 3.8) is 0 Å². The minimum Gasteiger partial charge on any atom is -0.497 e. The zero-order valence-corrected chi connectivity index (χ0v) is 23.6. The molecule has 1 fully saturated rings. The van der Waals surface area contributed by atoms with Crippen LogP contribution in [0.2, 0.25) is 0 Å². The molecule has 0 bridgehead atoms. The first-order valence-electron chi connectivity index (χ1n) is 13.6. The maximum absolute atomic E-state index is 13.8. The Kier molecular flexibility index (Phi) is 7.59. The summed E-state index contributed by atoms with van der Waals surface area (Å²) < 4.78 is 39.1. The monoisotopic (exact) mass is 565 g/mol. The van der Waals surface area contributed by atoms with Crippen molar-refractivity contribution in [2.45, 2.75) is 16.0 Å². The van der Waals surface area contributed by atoms with Gasteiger partial charge in [-0.05, 0) is 47.5 Å². The van der Waals surface area contributed by atoms with Crippen LogP contribution in [0.5, 0.6) is 5.75 Å². The lowest BCUT2D eigenvalue weighted by atomic mass is 9.96. The number of nitrogens with zero attached hydrogens (tertiary/aromatic N) is 3. The number of rotatable bonds is 8. The fourth-order valence-corrected chi connectivity index (χ4v) is 6.65. The number of ether oxygens (including phenoxy) is 1. The number of piperazine rings is 1. The average molecular weight is 566 g/mol. The van der Waals surface area contributed by atoms with Gasteiger partial charge in [-0.25, -0.2) is 8.42 Å². The van der Waals surface area contributed by atoms with E-state index in [2.05, 4.69) is 58.4 Å². The smallest absolute Gasteiger partial charge is 0.236 e. The van der Waals surface area contributed by atoms with Crippen molar-refractivity contribution >= 4 is 15.7 Å². The Labute approximate surface area is 240 Å². The Balaban J connectivity index is 1.33. The second-order valence-electron chi connectivity index (χ2n) is 9.92. The van der Waals surface area contributed by atoms with E-state index in [0.29, 0.717) is 24.4 Å². The lowest BCUT2D eigenvalue weighted by Crippen LogP contribution is -2.48. The highest BCUT2D eigenvalue weighted by Gasteiger charge is 2.34. The summed E-state index contributed by atoms with van der Waals surface area (Å²) in [6, 6.07) is 36.7. The van der Waals surface area contributed by atoms with Gasteiger partial charge in [0, 0.05) is 31.7 Å². The van der Waals surface area contributed by atoms with Gasteiger partial charge in [0.05, 0.1) is 18.0 Å². The summed E-state index contributed by atoms with van der Waals surface area (Å²) in [5, 5.41) is -0.0642. The van der Waals surface area contributed by atoms with Crippen LogP contribution in [0.1, 0.15) is 17.2 Å². The standard InChI is InChI=1S/C33H31N3O4S/c1-39-28-19-17-27(18-20-28)31-34-32(41(37,38)29-15-9-4-10-16-29)33(40-31)36-23-21-35(22-24-36)30(25-11-5-2-6-12-25)26-13-7-3-8-14-26/h2-20,30H,21-24H2,1H3. The molecular weight excluding hydrogens is 534 g/mol. The third kappa shape index (κ3) is 5.49. The van der Waals surface area contributed by atoms with Gasteiger partial charge < -0.3 is 14.1 Å². The van der Waals surface area contributed by atoms with Crippen LogP contribution in [-0.4, -0.2) is 51.6 Å². The Morgan fingerprint density at radius 2 is 1.27 bits per heavy atom. The molecular formula is C33H31N3O4S. The predicted octanol–water partition coefficient (Wildman–Crippen LogP) is 6.09. The third-order valence-electron chi connectivity index (χ3n) is 7.42. The Hall–Kier alpha value is -4.40. The van der Waals surface area contributed by atoms with Gasteiger partial charge >= 0.3 is 0 Å². The second-order valence-corrected chi connectivity index (χ2v) is 11.8. The highest BCUT2D eigenvalue weighted by Crippen LogP contribution is 2.37. The SMILES string of the molecule is COc1ccc(-c2nc(S(=O)(=O)c3ccccc3)c(N3CCN(C(c4ccccc4)c4ccccc4)CC3)o2)cc1. The molecule has 0 aliphatic carbocycles. The molecule has 8 heteroatoms. The Morgan fingerprint density at radius 1 is 0.732 bits per heavy atom. The normalized spacial score (nSPS) is 14.3. The van der Waals surface area contributed by atoms with Gasteiger partial charge in [0.2, 0.25) is 26.6 Å². The van der Waals surface area contributed by atoms with Gasteiger partial charge in [0.25, 0.3) is 0 Å². The number of oxazole rings is 1. The molecule has 0 N–H and O–H groups in total. The van der Waals surface area contributed by atoms with Crippen molar-refractivity contribution in [2.75, 3.05) is 38.2 Å². The highest BCUT2D eigenvalue weighted by molar-refractivity contribution is 7.91. The van der Waals surface area contributed by atoms with E-state index in [1.165, 1.54) is 11.1 Å². The van der Waals surface area contributed by atoms with Crippen LogP contribution in [0.25, 0.3) is 11.5 Å². The molecule has 0 spiro atoms. The quantitative estimate of drug-likeness (QED) is 0.225. The number of sulfone groups is 1. The van der Waals surface area contributed by atoms with Crippen molar-refractivity contribution < 1.29 is 17.6 Å². The molecule has 41 heavy (non-hydrogen) atoms. The number of aromatic nitrogens is 1. The topological polar surface area (TPSA) is 75.9 Å². The summed E-state index contributed by atoms with van der Waals surface area (Å²) in [7, 11) is -2.32. The van der Waals surface area contributed by atoms with E-state index in [1.807, 2.05) is 29.2 Å². The second kappa shape index (κ2) is 11.6. The molecule has 5 aromatic rings. The molecule has 7 nitrogen and oxygen atoms in total. The fraction of sp³-hybridized carbons (Fsp3) is 0.182. The van der Waals surface area contributed by atoms with E-state index in [1.54, 1.807) is 49.6 Å². The minimum absolute atomic E-state index is 0.0642. The first kappa shape index (κ1) is 26.8. The van der Waals surface area contributed by atoms with E-state index < -0.39 is 9.84 Å². The highest BCUT2D eigenvalue weighted by atomic mass is 32.2. The van der Waals surface area contributed by atoms with Crippen LogP contribution in [0.3, 0.4) is 0 Å². The molecule has 1 aliphatic rings. The molecule has 0 atom stereocenters. The van der Waals surface area contributed by atoms with Gasteiger partial charge in [-0.2, -0.15) is 4.98 Å². The van der Waals surface area contributed by atoms with E-state index in [4.69, 9.17) is 9.15 Å². The van der Waals surface area contributed by atoms with Crippen molar-refractivity contribution in [2.24, 2.45) is 0 Å². The molecule has 0 amide bonds. The van der Waals surface area contributed by atoms with E-state index in [9.17, 15) is 8.42 Å². The number of methoxy groups -OCH3 is 1.